The Morgan fingerprint density at radius 1 is 1.22 bits per heavy atom. The maximum Gasteiger partial charge on any atom is 0.294 e. The van der Waals surface area contributed by atoms with Gasteiger partial charge < -0.3 is 4.90 Å². The Labute approximate surface area is 134 Å². The molecule has 0 saturated carbocycles. The van der Waals surface area contributed by atoms with Crippen LogP contribution >= 0.6 is 0 Å². The molecule has 2 aromatic heterocycles. The number of fused-ring (bicyclic) bond motifs is 1. The second-order valence-corrected chi connectivity index (χ2v) is 5.75. The maximum absolute atomic E-state index is 12.8. The van der Waals surface area contributed by atoms with E-state index in [-0.39, 0.29) is 17.8 Å². The molecule has 0 spiro atoms. The van der Waals surface area contributed by atoms with Crippen LogP contribution in [-0.4, -0.2) is 36.4 Å². The first-order valence-electron chi connectivity index (χ1n) is 7.59. The van der Waals surface area contributed by atoms with Crippen molar-refractivity contribution in [2.75, 3.05) is 0 Å². The zero-order chi connectivity index (χ0) is 16.4. The van der Waals surface area contributed by atoms with Gasteiger partial charge in [-0.3, -0.25) is 4.79 Å². The molecule has 0 saturated heterocycles. The summed E-state index contributed by atoms with van der Waals surface area (Å²) < 4.78 is 1.59. The highest BCUT2D eigenvalue weighted by Crippen LogP contribution is 2.12. The van der Waals surface area contributed by atoms with Crippen LogP contribution in [0.5, 0.6) is 0 Å². The summed E-state index contributed by atoms with van der Waals surface area (Å²) in [4.78, 5) is 23.0. The Morgan fingerprint density at radius 2 is 1.96 bits per heavy atom. The van der Waals surface area contributed by atoms with E-state index in [0.29, 0.717) is 12.3 Å². The maximum atomic E-state index is 12.8. The van der Waals surface area contributed by atoms with Gasteiger partial charge in [-0.1, -0.05) is 30.3 Å². The van der Waals surface area contributed by atoms with Crippen molar-refractivity contribution in [1.29, 1.82) is 0 Å². The van der Waals surface area contributed by atoms with Crippen molar-refractivity contribution in [1.82, 2.24) is 24.5 Å². The van der Waals surface area contributed by atoms with Gasteiger partial charge in [0.05, 0.1) is 0 Å². The fraction of sp³-hybridized carbons (Fsp3) is 0.294. The lowest BCUT2D eigenvalue weighted by Crippen LogP contribution is -2.37. The van der Waals surface area contributed by atoms with E-state index in [9.17, 15) is 4.79 Å². The first kappa shape index (κ1) is 15.1. The number of benzene rings is 1. The minimum absolute atomic E-state index is 0.0448. The molecule has 1 aromatic carbocycles. The number of hydrogen-bond acceptors (Lipinski definition) is 4. The third kappa shape index (κ3) is 3.06. The predicted molar refractivity (Wildman–Crippen MR) is 87.0 cm³/mol. The van der Waals surface area contributed by atoms with Gasteiger partial charge in [-0.05, 0) is 32.4 Å². The highest BCUT2D eigenvalue weighted by atomic mass is 16.2. The smallest absolute Gasteiger partial charge is 0.294 e. The second-order valence-electron chi connectivity index (χ2n) is 5.75. The van der Waals surface area contributed by atoms with Gasteiger partial charge in [0.25, 0.3) is 11.7 Å². The summed E-state index contributed by atoms with van der Waals surface area (Å²) in [5.41, 5.74) is 1.97. The lowest BCUT2D eigenvalue weighted by Gasteiger charge is -2.25. The normalized spacial score (nSPS) is 11.1. The average molecular weight is 309 g/mol. The van der Waals surface area contributed by atoms with Gasteiger partial charge in [0.1, 0.15) is 0 Å². The number of aromatic nitrogens is 4. The van der Waals surface area contributed by atoms with Crippen molar-refractivity contribution in [3.63, 3.8) is 0 Å². The van der Waals surface area contributed by atoms with Crippen LogP contribution in [0.1, 0.15) is 35.7 Å². The topological polar surface area (TPSA) is 63.4 Å². The highest BCUT2D eigenvalue weighted by molar-refractivity contribution is 5.91. The molecule has 0 aliphatic rings. The van der Waals surface area contributed by atoms with E-state index in [4.69, 9.17) is 0 Å². The molecule has 23 heavy (non-hydrogen) atoms. The molecule has 0 radical (unpaired) electrons. The SMILES string of the molecule is Cc1ccnc2nc(C(=O)N(Cc3ccccc3)C(C)C)nn12. The fourth-order valence-corrected chi connectivity index (χ4v) is 2.39. The third-order valence-corrected chi connectivity index (χ3v) is 3.70. The van der Waals surface area contributed by atoms with Crippen molar-refractivity contribution in [2.45, 2.75) is 33.4 Å². The minimum Gasteiger partial charge on any atom is -0.329 e. The van der Waals surface area contributed by atoms with Crippen LogP contribution < -0.4 is 0 Å². The molecule has 0 fully saturated rings. The van der Waals surface area contributed by atoms with Gasteiger partial charge in [-0.25, -0.2) is 9.50 Å². The number of carbonyl (C=O) groups is 1. The molecular formula is C17H19N5O. The molecule has 3 rings (SSSR count). The first-order valence-corrected chi connectivity index (χ1v) is 7.59. The van der Waals surface area contributed by atoms with E-state index in [1.807, 2.05) is 57.2 Å². The van der Waals surface area contributed by atoms with Crippen LogP contribution in [0, 0.1) is 6.92 Å². The Bertz CT molecular complexity index is 825. The molecule has 0 aliphatic heterocycles. The lowest BCUT2D eigenvalue weighted by molar-refractivity contribution is 0.0678. The van der Waals surface area contributed by atoms with Gasteiger partial charge >= 0.3 is 0 Å². The summed E-state index contributed by atoms with van der Waals surface area (Å²) in [6, 6.07) is 11.8. The van der Waals surface area contributed by atoms with Crippen molar-refractivity contribution in [3.8, 4) is 0 Å². The molecule has 0 unspecified atom stereocenters. The van der Waals surface area contributed by atoms with Crippen LogP contribution in [0.2, 0.25) is 0 Å². The summed E-state index contributed by atoms with van der Waals surface area (Å²) in [6.07, 6.45) is 1.66. The number of amides is 1. The molecule has 0 bridgehead atoms. The predicted octanol–water partition coefficient (Wildman–Crippen LogP) is 2.48. The van der Waals surface area contributed by atoms with E-state index in [2.05, 4.69) is 15.1 Å². The van der Waals surface area contributed by atoms with Crippen LogP contribution in [0.3, 0.4) is 0 Å². The minimum atomic E-state index is -0.186. The third-order valence-electron chi connectivity index (χ3n) is 3.70. The fourth-order valence-electron chi connectivity index (χ4n) is 2.39. The zero-order valence-corrected chi connectivity index (χ0v) is 13.5. The molecule has 0 N–H and O–H groups in total. The average Bonchev–Trinajstić information content (AvgIpc) is 2.98. The van der Waals surface area contributed by atoms with E-state index < -0.39 is 0 Å². The summed E-state index contributed by atoms with van der Waals surface area (Å²) in [5, 5.41) is 4.31. The van der Waals surface area contributed by atoms with Crippen LogP contribution in [0.15, 0.2) is 42.6 Å². The van der Waals surface area contributed by atoms with E-state index >= 15 is 0 Å². The van der Waals surface area contributed by atoms with Crippen molar-refractivity contribution in [2.24, 2.45) is 0 Å². The van der Waals surface area contributed by atoms with Crippen molar-refractivity contribution in [3.05, 3.63) is 59.7 Å². The summed E-state index contributed by atoms with van der Waals surface area (Å²) in [6.45, 7) is 6.40. The molecule has 0 atom stereocenters. The number of carbonyl (C=O) groups excluding carboxylic acids is 1. The summed E-state index contributed by atoms with van der Waals surface area (Å²) >= 11 is 0. The van der Waals surface area contributed by atoms with Gasteiger partial charge in [-0.2, -0.15) is 4.98 Å². The Hall–Kier alpha value is -2.76. The Morgan fingerprint density at radius 3 is 2.61 bits per heavy atom. The van der Waals surface area contributed by atoms with Crippen molar-refractivity contribution < 1.29 is 4.79 Å². The number of nitrogens with zero attached hydrogens (tertiary/aromatic N) is 5. The standard InChI is InChI=1S/C17H19N5O/c1-12(2)21(11-14-7-5-4-6-8-14)16(23)15-19-17-18-10-9-13(3)22(17)20-15/h4-10,12H,11H2,1-3H3. The Balaban J connectivity index is 1.92. The summed E-state index contributed by atoms with van der Waals surface area (Å²) in [7, 11) is 0. The number of hydrogen-bond donors (Lipinski definition) is 0. The zero-order valence-electron chi connectivity index (χ0n) is 13.5. The molecule has 6 nitrogen and oxygen atoms in total. The van der Waals surface area contributed by atoms with Gasteiger partial charge in [0, 0.05) is 24.5 Å². The van der Waals surface area contributed by atoms with E-state index in [1.54, 1.807) is 15.6 Å². The molecule has 1 amide bonds. The Kier molecular flexibility index (Phi) is 4.06. The molecule has 3 aromatic rings. The molecular weight excluding hydrogens is 290 g/mol. The molecule has 118 valence electrons. The van der Waals surface area contributed by atoms with Gasteiger partial charge in [-0.15, -0.1) is 5.10 Å². The highest BCUT2D eigenvalue weighted by Gasteiger charge is 2.23. The first-order chi connectivity index (χ1) is 11.1. The largest absolute Gasteiger partial charge is 0.329 e. The van der Waals surface area contributed by atoms with Gasteiger partial charge in [0.2, 0.25) is 5.82 Å². The number of rotatable bonds is 4. The van der Waals surface area contributed by atoms with Gasteiger partial charge in [0.15, 0.2) is 0 Å². The lowest BCUT2D eigenvalue weighted by atomic mass is 10.2. The van der Waals surface area contributed by atoms with Crippen LogP contribution in [0.4, 0.5) is 0 Å². The quantitative estimate of drug-likeness (QED) is 0.743. The van der Waals surface area contributed by atoms with Crippen LogP contribution in [-0.2, 0) is 6.54 Å². The molecule has 2 heterocycles. The monoisotopic (exact) mass is 309 g/mol. The van der Waals surface area contributed by atoms with E-state index in [0.717, 1.165) is 11.3 Å². The number of aryl methyl sites for hydroxylation is 1. The van der Waals surface area contributed by atoms with E-state index in [1.165, 1.54) is 0 Å². The summed E-state index contributed by atoms with van der Waals surface area (Å²) in [5.74, 6) is 0.432. The molecule has 0 aliphatic carbocycles. The van der Waals surface area contributed by atoms with Crippen LogP contribution in [0.25, 0.3) is 5.78 Å². The van der Waals surface area contributed by atoms with Crippen molar-refractivity contribution >= 4 is 11.7 Å². The second kappa shape index (κ2) is 6.16. The molecule has 6 heteroatoms.